The second-order valence-corrected chi connectivity index (χ2v) is 7.71. The van der Waals surface area contributed by atoms with E-state index in [1.54, 1.807) is 22.3 Å². The average Bonchev–Trinajstić information content (AvgIpc) is 2.92. The predicted octanol–water partition coefficient (Wildman–Crippen LogP) is 1.58. The first-order chi connectivity index (χ1) is 11.6. The first-order valence-corrected chi connectivity index (χ1v) is 9.23. The van der Waals surface area contributed by atoms with Crippen LogP contribution in [0.1, 0.15) is 45.0 Å². The Labute approximate surface area is 145 Å². The molecule has 4 N–H and O–H groups in total. The van der Waals surface area contributed by atoms with Gasteiger partial charge in [-0.25, -0.2) is 0 Å². The third-order valence-corrected chi connectivity index (χ3v) is 6.17. The maximum absolute atomic E-state index is 12.7. The average molecular weight is 344 g/mol. The van der Waals surface area contributed by atoms with Gasteiger partial charge in [0.1, 0.15) is 23.5 Å². The van der Waals surface area contributed by atoms with Crippen LogP contribution in [0, 0.1) is 6.92 Å². The van der Waals surface area contributed by atoms with Crippen LogP contribution in [0.5, 0.6) is 5.75 Å². The van der Waals surface area contributed by atoms with Crippen LogP contribution in [0.3, 0.4) is 0 Å². The van der Waals surface area contributed by atoms with Crippen LogP contribution in [0.25, 0.3) is 0 Å². The maximum Gasteiger partial charge on any atom is 0.256 e. The molecule has 1 aromatic heterocycles. The van der Waals surface area contributed by atoms with Gasteiger partial charge in [-0.1, -0.05) is 12.1 Å². The predicted molar refractivity (Wildman–Crippen MR) is 94.8 cm³/mol. The number of phenols is 1. The van der Waals surface area contributed by atoms with Gasteiger partial charge in [0.25, 0.3) is 5.91 Å². The van der Waals surface area contributed by atoms with Crippen LogP contribution < -0.4 is 15.5 Å². The van der Waals surface area contributed by atoms with E-state index in [0.717, 1.165) is 42.2 Å². The topological polar surface area (TPSA) is 65.8 Å². The zero-order chi connectivity index (χ0) is 16.8. The highest BCUT2D eigenvalue weighted by Gasteiger charge is 2.34. The van der Waals surface area contributed by atoms with E-state index in [1.807, 2.05) is 19.1 Å². The number of aryl methyl sites for hydroxylation is 1. The minimum atomic E-state index is -0.389. The number of fused-ring (bicyclic) bond motifs is 3. The van der Waals surface area contributed by atoms with Crippen molar-refractivity contribution in [3.05, 3.63) is 45.3 Å². The van der Waals surface area contributed by atoms with Gasteiger partial charge in [-0.05, 0) is 31.0 Å². The van der Waals surface area contributed by atoms with Crippen molar-refractivity contribution in [1.82, 2.24) is 5.32 Å². The number of rotatable bonds is 2. The fourth-order valence-corrected chi connectivity index (χ4v) is 4.95. The minimum Gasteiger partial charge on any atom is -0.508 e. The summed E-state index contributed by atoms with van der Waals surface area (Å²) in [5.74, 6) is 0.172. The molecule has 3 heterocycles. The number of carbonyl (C=O) groups is 1. The molecule has 4 rings (SSSR count). The number of phenolic OH excluding ortho intramolecular Hbond substituents is 1. The smallest absolute Gasteiger partial charge is 0.256 e. The highest BCUT2D eigenvalue weighted by atomic mass is 32.1. The van der Waals surface area contributed by atoms with Gasteiger partial charge in [0.2, 0.25) is 0 Å². The molecule has 2 aliphatic rings. The van der Waals surface area contributed by atoms with Crippen LogP contribution in [0.4, 0.5) is 5.00 Å². The van der Waals surface area contributed by atoms with Crippen molar-refractivity contribution in [3.8, 4) is 5.75 Å². The molecule has 0 saturated heterocycles. The lowest BCUT2D eigenvalue weighted by Gasteiger charge is -2.27. The van der Waals surface area contributed by atoms with Gasteiger partial charge in [0.05, 0.1) is 23.5 Å². The molecular formula is C18H22N3O2S+. The van der Waals surface area contributed by atoms with Crippen LogP contribution in [0.2, 0.25) is 0 Å². The van der Waals surface area contributed by atoms with E-state index in [0.29, 0.717) is 5.56 Å². The molecule has 0 spiro atoms. The number of nitrogens with one attached hydrogen (secondary N) is 3. The van der Waals surface area contributed by atoms with Crippen molar-refractivity contribution in [2.24, 2.45) is 0 Å². The fourth-order valence-electron chi connectivity index (χ4n) is 3.60. The van der Waals surface area contributed by atoms with Crippen molar-refractivity contribution in [2.75, 3.05) is 18.4 Å². The molecule has 5 nitrogen and oxygen atoms in total. The Kier molecular flexibility index (Phi) is 3.73. The molecule has 0 saturated carbocycles. The van der Waals surface area contributed by atoms with E-state index in [4.69, 9.17) is 0 Å². The van der Waals surface area contributed by atoms with Gasteiger partial charge < -0.3 is 20.6 Å². The number of carbonyl (C=O) groups excluding carboxylic acids is 1. The molecule has 2 aromatic rings. The van der Waals surface area contributed by atoms with Crippen LogP contribution >= 0.6 is 11.3 Å². The molecule has 24 heavy (non-hydrogen) atoms. The van der Waals surface area contributed by atoms with Crippen molar-refractivity contribution >= 4 is 22.2 Å². The van der Waals surface area contributed by atoms with Gasteiger partial charge in [0.15, 0.2) is 0 Å². The summed E-state index contributed by atoms with van der Waals surface area (Å²) in [4.78, 5) is 15.6. The molecular weight excluding hydrogens is 322 g/mol. The van der Waals surface area contributed by atoms with Crippen molar-refractivity contribution in [3.63, 3.8) is 0 Å². The lowest BCUT2D eigenvalue weighted by molar-refractivity contribution is -0.913. The number of hydrogen-bond acceptors (Lipinski definition) is 4. The SMILES string of the molecule is CC[NH+]1CCc2c(sc3c2C(=O)N[C@H](c2ccc(C)cc2O)N3)C1. The van der Waals surface area contributed by atoms with E-state index in [9.17, 15) is 9.90 Å². The number of anilines is 1. The largest absolute Gasteiger partial charge is 0.508 e. The number of likely N-dealkylation sites (N-methyl/N-ethyl adjacent to an activating group) is 1. The zero-order valence-corrected chi connectivity index (χ0v) is 14.7. The number of amides is 1. The van der Waals surface area contributed by atoms with E-state index >= 15 is 0 Å². The van der Waals surface area contributed by atoms with Gasteiger partial charge in [-0.15, -0.1) is 11.3 Å². The number of hydrogen-bond donors (Lipinski definition) is 4. The molecule has 6 heteroatoms. The molecule has 0 fully saturated rings. The molecule has 1 amide bonds. The first kappa shape index (κ1) is 15.5. The summed E-state index contributed by atoms with van der Waals surface area (Å²) in [5, 5.41) is 17.6. The number of aromatic hydroxyl groups is 1. The number of quaternary nitrogens is 1. The lowest BCUT2D eigenvalue weighted by Crippen LogP contribution is -3.11. The highest BCUT2D eigenvalue weighted by molar-refractivity contribution is 7.16. The molecule has 0 radical (unpaired) electrons. The normalized spacial score (nSPS) is 22.3. The molecule has 2 aliphatic heterocycles. The Morgan fingerprint density at radius 2 is 2.21 bits per heavy atom. The Morgan fingerprint density at radius 1 is 1.38 bits per heavy atom. The monoisotopic (exact) mass is 344 g/mol. The Balaban J connectivity index is 1.68. The summed E-state index contributed by atoms with van der Waals surface area (Å²) < 4.78 is 0. The third-order valence-electron chi connectivity index (χ3n) is 5.00. The van der Waals surface area contributed by atoms with Gasteiger partial charge in [0, 0.05) is 12.0 Å². The molecule has 126 valence electrons. The Morgan fingerprint density at radius 3 is 2.96 bits per heavy atom. The summed E-state index contributed by atoms with van der Waals surface area (Å²) in [5.41, 5.74) is 3.72. The molecule has 1 aromatic carbocycles. The summed E-state index contributed by atoms with van der Waals surface area (Å²) in [6.45, 7) is 7.33. The molecule has 0 bridgehead atoms. The second kappa shape index (κ2) is 5.79. The maximum atomic E-state index is 12.7. The van der Waals surface area contributed by atoms with E-state index in [2.05, 4.69) is 17.6 Å². The Hall–Kier alpha value is -2.05. The number of benzene rings is 1. The molecule has 1 unspecified atom stereocenters. The van der Waals surface area contributed by atoms with Gasteiger partial charge >= 0.3 is 0 Å². The van der Waals surface area contributed by atoms with Crippen molar-refractivity contribution in [2.45, 2.75) is 33.0 Å². The first-order valence-electron chi connectivity index (χ1n) is 8.41. The zero-order valence-electron chi connectivity index (χ0n) is 13.9. The van der Waals surface area contributed by atoms with Gasteiger partial charge in [-0.3, -0.25) is 4.79 Å². The van der Waals surface area contributed by atoms with E-state index in [1.165, 1.54) is 10.4 Å². The molecule has 2 atom stereocenters. The summed E-state index contributed by atoms with van der Waals surface area (Å²) in [6, 6.07) is 5.53. The second-order valence-electron chi connectivity index (χ2n) is 6.60. The van der Waals surface area contributed by atoms with Crippen molar-refractivity contribution < 1.29 is 14.8 Å². The third kappa shape index (κ3) is 2.46. The van der Waals surface area contributed by atoms with E-state index in [-0.39, 0.29) is 17.8 Å². The Bertz CT molecular complexity index is 815. The lowest BCUT2D eigenvalue weighted by atomic mass is 10.00. The number of thiophene rings is 1. The van der Waals surface area contributed by atoms with Crippen molar-refractivity contribution in [1.29, 1.82) is 0 Å². The molecule has 0 aliphatic carbocycles. The standard InChI is InChI=1S/C18H21N3O2S/c1-3-21-7-6-12-14(9-21)24-18-15(12)17(23)19-16(20-18)11-5-4-10(2)8-13(11)22/h4-5,8,16,20,22H,3,6-7,9H2,1-2H3,(H,19,23)/p+1/t16-/m0/s1. The van der Waals surface area contributed by atoms with Crippen LogP contribution in [0.15, 0.2) is 18.2 Å². The summed E-state index contributed by atoms with van der Waals surface area (Å²) in [7, 11) is 0. The van der Waals surface area contributed by atoms with E-state index < -0.39 is 0 Å². The highest BCUT2D eigenvalue weighted by Crippen LogP contribution is 2.40. The fraction of sp³-hybridized carbons (Fsp3) is 0.389. The van der Waals surface area contributed by atoms with Crippen LogP contribution in [-0.4, -0.2) is 24.1 Å². The summed E-state index contributed by atoms with van der Waals surface area (Å²) >= 11 is 1.69. The summed E-state index contributed by atoms with van der Waals surface area (Å²) in [6.07, 6.45) is 0.570. The minimum absolute atomic E-state index is 0.0360. The van der Waals surface area contributed by atoms with Gasteiger partial charge in [-0.2, -0.15) is 0 Å². The van der Waals surface area contributed by atoms with Crippen LogP contribution in [-0.2, 0) is 13.0 Å². The quantitative estimate of drug-likeness (QED) is 0.669.